The van der Waals surface area contributed by atoms with Crippen LogP contribution in [0.4, 0.5) is 5.69 Å². The molecule has 1 aromatic carbocycles. The molecule has 2 N–H and O–H groups in total. The summed E-state index contributed by atoms with van der Waals surface area (Å²) in [6, 6.07) is 6.79. The summed E-state index contributed by atoms with van der Waals surface area (Å²) in [6.45, 7) is 1.49. The van der Waals surface area contributed by atoms with E-state index in [-0.39, 0.29) is 18.4 Å². The first-order chi connectivity index (χ1) is 11.6. The van der Waals surface area contributed by atoms with Crippen LogP contribution in [0.3, 0.4) is 0 Å². The molecule has 2 aromatic rings. The van der Waals surface area contributed by atoms with E-state index >= 15 is 0 Å². The first kappa shape index (κ1) is 17.0. The molecule has 1 amide bonds. The number of nitrogens with one attached hydrogen (secondary N) is 1. The van der Waals surface area contributed by atoms with Gasteiger partial charge in [0.1, 0.15) is 0 Å². The van der Waals surface area contributed by atoms with Gasteiger partial charge in [-0.15, -0.1) is 0 Å². The molecular weight excluding hydrogens is 330 g/mol. The Balaban J connectivity index is 1.51. The van der Waals surface area contributed by atoms with Crippen molar-refractivity contribution in [2.75, 3.05) is 11.9 Å². The first-order valence-electron chi connectivity index (χ1n) is 7.97. The third kappa shape index (κ3) is 4.56. The molecule has 0 bridgehead atoms. The summed E-state index contributed by atoms with van der Waals surface area (Å²) in [5.41, 5.74) is 1.27. The second-order valence-corrected chi connectivity index (χ2v) is 6.34. The average molecular weight is 350 g/mol. The molecule has 7 heteroatoms. The van der Waals surface area contributed by atoms with Crippen molar-refractivity contribution in [1.29, 1.82) is 0 Å². The SMILES string of the molecule is O=C(CC(O)c1ccc(Cl)cc1)Nc1cnn(CC2CCCO2)c1. The molecule has 2 atom stereocenters. The van der Waals surface area contributed by atoms with E-state index in [1.54, 1.807) is 41.3 Å². The van der Waals surface area contributed by atoms with Crippen LogP contribution in [0.15, 0.2) is 36.7 Å². The monoisotopic (exact) mass is 349 g/mol. The average Bonchev–Trinajstić information content (AvgIpc) is 3.20. The van der Waals surface area contributed by atoms with Gasteiger partial charge in [0.2, 0.25) is 5.91 Å². The molecule has 3 rings (SSSR count). The van der Waals surface area contributed by atoms with E-state index < -0.39 is 6.10 Å². The minimum absolute atomic E-state index is 0.0292. The number of carbonyl (C=O) groups is 1. The lowest BCUT2D eigenvalue weighted by Gasteiger charge is -2.11. The highest BCUT2D eigenvalue weighted by atomic mass is 35.5. The first-order valence-corrected chi connectivity index (χ1v) is 8.35. The van der Waals surface area contributed by atoms with Gasteiger partial charge in [0.25, 0.3) is 0 Å². The number of ether oxygens (including phenoxy) is 1. The molecule has 0 saturated carbocycles. The fraction of sp³-hybridized carbons (Fsp3) is 0.412. The molecule has 0 radical (unpaired) electrons. The summed E-state index contributed by atoms with van der Waals surface area (Å²) in [6.07, 6.45) is 4.78. The number of halogens is 1. The maximum Gasteiger partial charge on any atom is 0.227 e. The number of hydrogen-bond acceptors (Lipinski definition) is 4. The van der Waals surface area contributed by atoms with Crippen LogP contribution in [0.1, 0.15) is 30.9 Å². The Bertz CT molecular complexity index is 681. The summed E-state index contributed by atoms with van der Waals surface area (Å²) < 4.78 is 7.33. The van der Waals surface area contributed by atoms with Gasteiger partial charge in [0.05, 0.1) is 37.1 Å². The second-order valence-electron chi connectivity index (χ2n) is 5.91. The van der Waals surface area contributed by atoms with Crippen LogP contribution in [0, 0.1) is 0 Å². The highest BCUT2D eigenvalue weighted by Gasteiger charge is 2.17. The lowest BCUT2D eigenvalue weighted by atomic mass is 10.1. The Hall–Kier alpha value is -1.89. The van der Waals surface area contributed by atoms with Crippen molar-refractivity contribution in [2.45, 2.75) is 38.0 Å². The number of benzene rings is 1. The maximum atomic E-state index is 12.1. The molecule has 1 fully saturated rings. The van der Waals surface area contributed by atoms with Crippen LogP contribution in [-0.2, 0) is 16.1 Å². The fourth-order valence-electron chi connectivity index (χ4n) is 2.72. The van der Waals surface area contributed by atoms with Crippen molar-refractivity contribution < 1.29 is 14.6 Å². The largest absolute Gasteiger partial charge is 0.388 e. The van der Waals surface area contributed by atoms with E-state index in [1.165, 1.54) is 0 Å². The summed E-state index contributed by atoms with van der Waals surface area (Å²) in [5, 5.41) is 17.7. The minimum Gasteiger partial charge on any atom is -0.388 e. The molecular formula is C17H20ClN3O3. The van der Waals surface area contributed by atoms with Gasteiger partial charge in [-0.05, 0) is 30.5 Å². The van der Waals surface area contributed by atoms with Crippen LogP contribution in [0.25, 0.3) is 0 Å². The molecule has 1 aromatic heterocycles. The minimum atomic E-state index is -0.871. The van der Waals surface area contributed by atoms with Gasteiger partial charge in [-0.25, -0.2) is 0 Å². The van der Waals surface area contributed by atoms with E-state index in [0.717, 1.165) is 19.4 Å². The van der Waals surface area contributed by atoms with Gasteiger partial charge in [-0.3, -0.25) is 9.48 Å². The van der Waals surface area contributed by atoms with Crippen molar-refractivity contribution in [1.82, 2.24) is 9.78 Å². The molecule has 1 aliphatic heterocycles. The zero-order chi connectivity index (χ0) is 16.9. The van der Waals surface area contributed by atoms with E-state index in [2.05, 4.69) is 10.4 Å². The second kappa shape index (κ2) is 7.79. The lowest BCUT2D eigenvalue weighted by Crippen LogP contribution is -2.16. The van der Waals surface area contributed by atoms with Crippen molar-refractivity contribution in [3.8, 4) is 0 Å². The Kier molecular flexibility index (Phi) is 5.50. The number of aliphatic hydroxyl groups excluding tert-OH is 1. The summed E-state index contributed by atoms with van der Waals surface area (Å²) in [4.78, 5) is 12.1. The molecule has 0 spiro atoms. The van der Waals surface area contributed by atoms with Gasteiger partial charge >= 0.3 is 0 Å². The van der Waals surface area contributed by atoms with Crippen LogP contribution in [0.5, 0.6) is 0 Å². The molecule has 2 heterocycles. The highest BCUT2D eigenvalue weighted by molar-refractivity contribution is 6.30. The number of hydrogen-bond donors (Lipinski definition) is 2. The smallest absolute Gasteiger partial charge is 0.227 e. The number of nitrogens with zero attached hydrogens (tertiary/aromatic N) is 2. The Morgan fingerprint density at radius 2 is 2.25 bits per heavy atom. The molecule has 2 unspecified atom stereocenters. The topological polar surface area (TPSA) is 76.4 Å². The zero-order valence-electron chi connectivity index (χ0n) is 13.2. The number of carbonyl (C=O) groups excluding carboxylic acids is 1. The Morgan fingerprint density at radius 3 is 2.96 bits per heavy atom. The fourth-order valence-corrected chi connectivity index (χ4v) is 2.84. The van der Waals surface area contributed by atoms with Crippen molar-refractivity contribution in [3.05, 3.63) is 47.2 Å². The normalized spacial score (nSPS) is 18.5. The molecule has 24 heavy (non-hydrogen) atoms. The summed E-state index contributed by atoms with van der Waals surface area (Å²) >= 11 is 5.81. The third-order valence-electron chi connectivity index (χ3n) is 3.97. The number of rotatable bonds is 6. The van der Waals surface area contributed by atoms with E-state index in [4.69, 9.17) is 16.3 Å². The molecule has 1 saturated heterocycles. The predicted octanol–water partition coefficient (Wildman–Crippen LogP) is 2.78. The number of amides is 1. The van der Waals surface area contributed by atoms with Crippen LogP contribution in [-0.4, -0.2) is 33.5 Å². The van der Waals surface area contributed by atoms with E-state index in [0.29, 0.717) is 22.8 Å². The number of anilines is 1. The van der Waals surface area contributed by atoms with Crippen LogP contribution >= 0.6 is 11.6 Å². The van der Waals surface area contributed by atoms with Gasteiger partial charge < -0.3 is 15.2 Å². The third-order valence-corrected chi connectivity index (χ3v) is 4.22. The molecule has 128 valence electrons. The molecule has 6 nitrogen and oxygen atoms in total. The number of aromatic nitrogens is 2. The standard InChI is InChI=1S/C17H20ClN3O3/c18-13-5-3-12(4-6-13)16(22)8-17(23)20-14-9-19-21(10-14)11-15-2-1-7-24-15/h3-6,9-10,15-16,22H,1-2,7-8,11H2,(H,20,23). The van der Waals surface area contributed by atoms with Gasteiger partial charge in [0.15, 0.2) is 0 Å². The van der Waals surface area contributed by atoms with Crippen LogP contribution in [0.2, 0.25) is 5.02 Å². The van der Waals surface area contributed by atoms with Crippen LogP contribution < -0.4 is 5.32 Å². The van der Waals surface area contributed by atoms with Gasteiger partial charge in [0, 0.05) is 17.8 Å². The number of aliphatic hydroxyl groups is 1. The lowest BCUT2D eigenvalue weighted by molar-refractivity contribution is -0.118. The van der Waals surface area contributed by atoms with Crippen molar-refractivity contribution in [2.24, 2.45) is 0 Å². The summed E-state index contributed by atoms with van der Waals surface area (Å²) in [7, 11) is 0. The zero-order valence-corrected chi connectivity index (χ0v) is 13.9. The van der Waals surface area contributed by atoms with E-state index in [1.807, 2.05) is 0 Å². The van der Waals surface area contributed by atoms with Gasteiger partial charge in [-0.1, -0.05) is 23.7 Å². The van der Waals surface area contributed by atoms with Gasteiger partial charge in [-0.2, -0.15) is 5.10 Å². The maximum absolute atomic E-state index is 12.1. The molecule has 0 aliphatic carbocycles. The Morgan fingerprint density at radius 1 is 1.46 bits per heavy atom. The Labute approximate surface area is 145 Å². The van der Waals surface area contributed by atoms with Crippen molar-refractivity contribution in [3.63, 3.8) is 0 Å². The van der Waals surface area contributed by atoms with E-state index in [9.17, 15) is 9.90 Å². The van der Waals surface area contributed by atoms with Crippen molar-refractivity contribution >= 4 is 23.2 Å². The highest BCUT2D eigenvalue weighted by Crippen LogP contribution is 2.20. The molecule has 1 aliphatic rings. The quantitative estimate of drug-likeness (QED) is 0.840. The summed E-state index contributed by atoms with van der Waals surface area (Å²) in [5.74, 6) is -0.269. The predicted molar refractivity (Wildman–Crippen MR) is 90.9 cm³/mol.